The molecule has 2 atom stereocenters. The highest BCUT2D eigenvalue weighted by atomic mass is 35.5. The number of halogens is 1. The van der Waals surface area contributed by atoms with E-state index in [1.165, 1.54) is 0 Å². The molecular formula is C14H23ClN2O2S. The lowest BCUT2D eigenvalue weighted by atomic mass is 9.94. The van der Waals surface area contributed by atoms with Crippen molar-refractivity contribution in [1.29, 1.82) is 0 Å². The molecule has 4 nitrogen and oxygen atoms in total. The minimum atomic E-state index is -3.42. The predicted molar refractivity (Wildman–Crippen MR) is 83.8 cm³/mol. The summed E-state index contributed by atoms with van der Waals surface area (Å²) >= 11 is 0. The Labute approximate surface area is 127 Å². The van der Waals surface area contributed by atoms with Gasteiger partial charge in [-0.25, -0.2) is 13.1 Å². The summed E-state index contributed by atoms with van der Waals surface area (Å²) < 4.78 is 27.6. The summed E-state index contributed by atoms with van der Waals surface area (Å²) in [6.07, 6.45) is 2.19. The van der Waals surface area contributed by atoms with Crippen molar-refractivity contribution in [2.45, 2.75) is 37.6 Å². The van der Waals surface area contributed by atoms with E-state index in [0.717, 1.165) is 31.5 Å². The fourth-order valence-corrected chi connectivity index (χ4v) is 4.13. The summed E-state index contributed by atoms with van der Waals surface area (Å²) in [6, 6.07) is 7.04. The molecule has 0 spiro atoms. The van der Waals surface area contributed by atoms with Gasteiger partial charge in [-0.3, -0.25) is 0 Å². The topological polar surface area (TPSA) is 58.2 Å². The Hall–Kier alpha value is -0.620. The first kappa shape index (κ1) is 17.4. The molecule has 0 saturated carbocycles. The standard InChI is InChI=1S/C14H22N2O2S.ClH/c1-11-6-3-4-8-14(11)19(17,18)16-12(2)13-7-5-9-15-10-13;/h3-4,6,8,12-13,15-16H,5,7,9-10H2,1-2H3;1H. The maximum absolute atomic E-state index is 12.4. The first-order valence-electron chi connectivity index (χ1n) is 6.79. The van der Waals surface area contributed by atoms with Gasteiger partial charge < -0.3 is 5.32 Å². The highest BCUT2D eigenvalue weighted by Crippen LogP contribution is 2.18. The van der Waals surface area contributed by atoms with Crippen LogP contribution >= 0.6 is 12.4 Å². The third-order valence-electron chi connectivity index (χ3n) is 3.77. The van der Waals surface area contributed by atoms with E-state index in [2.05, 4.69) is 10.0 Å². The molecule has 1 heterocycles. The molecule has 20 heavy (non-hydrogen) atoms. The van der Waals surface area contributed by atoms with E-state index >= 15 is 0 Å². The van der Waals surface area contributed by atoms with Crippen LogP contribution in [0.4, 0.5) is 0 Å². The van der Waals surface area contributed by atoms with Crippen molar-refractivity contribution < 1.29 is 8.42 Å². The largest absolute Gasteiger partial charge is 0.316 e. The Balaban J connectivity index is 0.00000200. The van der Waals surface area contributed by atoms with Crippen LogP contribution in [0.5, 0.6) is 0 Å². The maximum Gasteiger partial charge on any atom is 0.241 e. The number of piperidine rings is 1. The van der Waals surface area contributed by atoms with E-state index < -0.39 is 10.0 Å². The normalized spacial score (nSPS) is 21.0. The quantitative estimate of drug-likeness (QED) is 0.893. The molecule has 0 bridgehead atoms. The van der Waals surface area contributed by atoms with E-state index in [1.807, 2.05) is 26.0 Å². The summed E-state index contributed by atoms with van der Waals surface area (Å²) in [4.78, 5) is 0.380. The summed E-state index contributed by atoms with van der Waals surface area (Å²) in [5.41, 5.74) is 0.781. The van der Waals surface area contributed by atoms with Crippen molar-refractivity contribution in [3.8, 4) is 0 Å². The molecule has 1 aromatic carbocycles. The molecule has 2 N–H and O–H groups in total. The van der Waals surface area contributed by atoms with Gasteiger partial charge in [-0.2, -0.15) is 0 Å². The molecule has 1 aromatic rings. The Morgan fingerprint density at radius 1 is 1.35 bits per heavy atom. The highest BCUT2D eigenvalue weighted by molar-refractivity contribution is 7.89. The number of nitrogens with one attached hydrogen (secondary N) is 2. The molecule has 0 aliphatic carbocycles. The van der Waals surface area contributed by atoms with Gasteiger partial charge in [0.25, 0.3) is 0 Å². The molecule has 0 aromatic heterocycles. The second kappa shape index (κ2) is 7.41. The zero-order valence-corrected chi connectivity index (χ0v) is 13.6. The lowest BCUT2D eigenvalue weighted by Gasteiger charge is -2.28. The molecule has 2 unspecified atom stereocenters. The molecule has 1 aliphatic rings. The van der Waals surface area contributed by atoms with Crippen molar-refractivity contribution in [1.82, 2.24) is 10.0 Å². The van der Waals surface area contributed by atoms with Crippen molar-refractivity contribution in [3.63, 3.8) is 0 Å². The Morgan fingerprint density at radius 2 is 2.05 bits per heavy atom. The molecule has 1 aliphatic heterocycles. The van der Waals surface area contributed by atoms with Crippen LogP contribution in [0.1, 0.15) is 25.3 Å². The molecule has 1 fully saturated rings. The van der Waals surface area contributed by atoms with E-state index in [1.54, 1.807) is 12.1 Å². The Bertz CT molecular complexity index is 528. The van der Waals surface area contributed by atoms with Crippen LogP contribution in [0.3, 0.4) is 0 Å². The van der Waals surface area contributed by atoms with Gasteiger partial charge >= 0.3 is 0 Å². The molecular weight excluding hydrogens is 296 g/mol. The van der Waals surface area contributed by atoms with Gasteiger partial charge in [0.2, 0.25) is 10.0 Å². The van der Waals surface area contributed by atoms with Crippen LogP contribution in [0, 0.1) is 12.8 Å². The van der Waals surface area contributed by atoms with Crippen LogP contribution < -0.4 is 10.0 Å². The first-order chi connectivity index (χ1) is 9.00. The minimum absolute atomic E-state index is 0. The lowest BCUT2D eigenvalue weighted by Crippen LogP contribution is -2.44. The van der Waals surface area contributed by atoms with Gasteiger partial charge in [-0.1, -0.05) is 18.2 Å². The van der Waals surface area contributed by atoms with Gasteiger partial charge in [0, 0.05) is 6.04 Å². The zero-order valence-electron chi connectivity index (χ0n) is 11.9. The third-order valence-corrected chi connectivity index (χ3v) is 5.49. The van der Waals surface area contributed by atoms with Crippen LogP contribution in [0.25, 0.3) is 0 Å². The van der Waals surface area contributed by atoms with Gasteiger partial charge in [0.05, 0.1) is 4.90 Å². The van der Waals surface area contributed by atoms with Gasteiger partial charge in [-0.05, 0) is 57.3 Å². The average molecular weight is 319 g/mol. The minimum Gasteiger partial charge on any atom is -0.316 e. The number of hydrogen-bond acceptors (Lipinski definition) is 3. The van der Waals surface area contributed by atoms with Crippen molar-refractivity contribution >= 4 is 22.4 Å². The molecule has 1 saturated heterocycles. The lowest BCUT2D eigenvalue weighted by molar-refractivity contribution is 0.320. The Kier molecular flexibility index (Phi) is 6.45. The van der Waals surface area contributed by atoms with E-state index in [-0.39, 0.29) is 18.4 Å². The Morgan fingerprint density at radius 3 is 2.65 bits per heavy atom. The maximum atomic E-state index is 12.4. The number of aryl methyl sites for hydroxylation is 1. The summed E-state index contributed by atoms with van der Waals surface area (Å²) in [5.74, 6) is 0.368. The van der Waals surface area contributed by atoms with Crippen LogP contribution in [0.2, 0.25) is 0 Å². The fraction of sp³-hybridized carbons (Fsp3) is 0.571. The molecule has 6 heteroatoms. The van der Waals surface area contributed by atoms with E-state index in [0.29, 0.717) is 10.8 Å². The van der Waals surface area contributed by atoms with E-state index in [9.17, 15) is 8.42 Å². The second-order valence-corrected chi connectivity index (χ2v) is 6.96. The smallest absolute Gasteiger partial charge is 0.241 e. The van der Waals surface area contributed by atoms with Gasteiger partial charge in [-0.15, -0.1) is 12.4 Å². The predicted octanol–water partition coefficient (Wildman–Crippen LogP) is 2.08. The zero-order chi connectivity index (χ0) is 13.9. The summed E-state index contributed by atoms with van der Waals surface area (Å²) in [5, 5.41) is 3.32. The first-order valence-corrected chi connectivity index (χ1v) is 8.28. The van der Waals surface area contributed by atoms with Crippen molar-refractivity contribution in [2.75, 3.05) is 13.1 Å². The second-order valence-electron chi connectivity index (χ2n) is 5.28. The molecule has 0 radical (unpaired) electrons. The van der Waals surface area contributed by atoms with E-state index in [4.69, 9.17) is 0 Å². The third kappa shape index (κ3) is 4.19. The SMILES string of the molecule is Cc1ccccc1S(=O)(=O)NC(C)C1CCCNC1.Cl. The fourth-order valence-electron chi connectivity index (χ4n) is 2.57. The van der Waals surface area contributed by atoms with Crippen molar-refractivity contribution in [3.05, 3.63) is 29.8 Å². The number of hydrogen-bond donors (Lipinski definition) is 2. The summed E-state index contributed by atoms with van der Waals surface area (Å²) in [6.45, 7) is 5.69. The van der Waals surface area contributed by atoms with Gasteiger partial charge in [0.15, 0.2) is 0 Å². The van der Waals surface area contributed by atoms with Gasteiger partial charge in [0.1, 0.15) is 0 Å². The average Bonchev–Trinajstić information content (AvgIpc) is 2.39. The van der Waals surface area contributed by atoms with Crippen LogP contribution in [-0.2, 0) is 10.0 Å². The molecule has 114 valence electrons. The number of rotatable bonds is 4. The number of benzene rings is 1. The monoisotopic (exact) mass is 318 g/mol. The summed E-state index contributed by atoms with van der Waals surface area (Å²) in [7, 11) is -3.42. The van der Waals surface area contributed by atoms with Crippen LogP contribution in [0.15, 0.2) is 29.2 Å². The van der Waals surface area contributed by atoms with Crippen LogP contribution in [-0.4, -0.2) is 27.5 Å². The highest BCUT2D eigenvalue weighted by Gasteiger charge is 2.25. The number of sulfonamides is 1. The molecule has 0 amide bonds. The molecule has 2 rings (SSSR count). The van der Waals surface area contributed by atoms with Crippen molar-refractivity contribution in [2.24, 2.45) is 5.92 Å².